The molecule has 0 saturated carbocycles. The lowest BCUT2D eigenvalue weighted by molar-refractivity contribution is 0.790. The highest BCUT2D eigenvalue weighted by atomic mass is 33.1. The van der Waals surface area contributed by atoms with Crippen LogP contribution in [0.1, 0.15) is 24.5 Å². The predicted octanol–water partition coefficient (Wildman–Crippen LogP) is 2.76. The summed E-state index contributed by atoms with van der Waals surface area (Å²) in [5.74, 6) is 0. The number of rotatable bonds is 1. The Morgan fingerprint density at radius 2 is 2.43 bits per heavy atom. The summed E-state index contributed by atoms with van der Waals surface area (Å²) < 4.78 is 0. The van der Waals surface area contributed by atoms with E-state index in [0.29, 0.717) is 5.25 Å². The maximum atomic E-state index is 11.4. The van der Waals surface area contributed by atoms with Gasteiger partial charge in [0, 0.05) is 10.8 Å². The van der Waals surface area contributed by atoms with Gasteiger partial charge < -0.3 is 4.98 Å². The molecule has 0 radical (unpaired) electrons. The highest BCUT2D eigenvalue weighted by Gasteiger charge is 2.19. The highest BCUT2D eigenvalue weighted by molar-refractivity contribution is 8.77. The van der Waals surface area contributed by atoms with Gasteiger partial charge in [0.05, 0.1) is 5.03 Å². The van der Waals surface area contributed by atoms with E-state index >= 15 is 0 Å². The van der Waals surface area contributed by atoms with Crippen LogP contribution in [-0.4, -0.2) is 10.2 Å². The zero-order valence-corrected chi connectivity index (χ0v) is 9.93. The number of hydrogen-bond donors (Lipinski definition) is 1. The molecule has 4 heteroatoms. The minimum Gasteiger partial charge on any atom is -0.316 e. The number of fused-ring (bicyclic) bond motifs is 1. The zero-order chi connectivity index (χ0) is 10.1. The standard InChI is InChI=1S/C10H13NOS2/c1-3-8-5-7-4-6(2)9(12)11-10(7)14-13-8/h4,8H,3,5H2,1-2H3,(H,11,12). The molecule has 0 aliphatic carbocycles. The first-order valence-electron chi connectivity index (χ1n) is 4.77. The first-order chi connectivity index (χ1) is 6.70. The van der Waals surface area contributed by atoms with Crippen molar-refractivity contribution < 1.29 is 0 Å². The van der Waals surface area contributed by atoms with E-state index in [1.165, 1.54) is 12.0 Å². The lowest BCUT2D eigenvalue weighted by atomic mass is 10.1. The van der Waals surface area contributed by atoms with Gasteiger partial charge in [-0.3, -0.25) is 4.79 Å². The molecule has 14 heavy (non-hydrogen) atoms. The van der Waals surface area contributed by atoms with Crippen molar-refractivity contribution in [2.75, 3.05) is 0 Å². The van der Waals surface area contributed by atoms with Crippen LogP contribution in [0, 0.1) is 6.92 Å². The molecule has 2 heterocycles. The van der Waals surface area contributed by atoms with Crippen LogP contribution >= 0.6 is 21.6 Å². The smallest absolute Gasteiger partial charge is 0.251 e. The molecule has 1 N–H and O–H groups in total. The van der Waals surface area contributed by atoms with Crippen LogP contribution in [0.4, 0.5) is 0 Å². The Kier molecular flexibility index (Phi) is 2.93. The van der Waals surface area contributed by atoms with Crippen molar-refractivity contribution in [1.82, 2.24) is 4.98 Å². The number of hydrogen-bond acceptors (Lipinski definition) is 3. The van der Waals surface area contributed by atoms with Crippen LogP contribution in [-0.2, 0) is 6.42 Å². The van der Waals surface area contributed by atoms with E-state index in [9.17, 15) is 4.79 Å². The second kappa shape index (κ2) is 4.03. The highest BCUT2D eigenvalue weighted by Crippen LogP contribution is 2.42. The van der Waals surface area contributed by atoms with Gasteiger partial charge >= 0.3 is 0 Å². The van der Waals surface area contributed by atoms with Crippen LogP contribution in [0.15, 0.2) is 15.9 Å². The predicted molar refractivity (Wildman–Crippen MR) is 63.0 cm³/mol. The normalized spacial score (nSPS) is 20.6. The second-order valence-electron chi connectivity index (χ2n) is 3.55. The molecule has 1 aromatic heterocycles. The van der Waals surface area contributed by atoms with E-state index < -0.39 is 0 Å². The number of H-pyrrole nitrogens is 1. The fourth-order valence-electron chi connectivity index (χ4n) is 1.51. The molecular weight excluding hydrogens is 214 g/mol. The Balaban J connectivity index is 2.38. The molecule has 0 amide bonds. The number of nitrogens with one attached hydrogen (secondary N) is 1. The molecule has 1 aliphatic heterocycles. The van der Waals surface area contributed by atoms with Gasteiger partial charge in [-0.25, -0.2) is 0 Å². The summed E-state index contributed by atoms with van der Waals surface area (Å²) in [5, 5.41) is 1.74. The molecule has 1 aromatic rings. The summed E-state index contributed by atoms with van der Waals surface area (Å²) in [6.07, 6.45) is 2.27. The third-order valence-corrected chi connectivity index (χ3v) is 5.44. The summed E-state index contributed by atoms with van der Waals surface area (Å²) in [4.78, 5) is 14.3. The Bertz CT molecular complexity index is 400. The van der Waals surface area contributed by atoms with Gasteiger partial charge in [-0.15, -0.1) is 0 Å². The van der Waals surface area contributed by atoms with E-state index in [1.807, 2.05) is 23.8 Å². The fourth-order valence-corrected chi connectivity index (χ4v) is 4.26. The topological polar surface area (TPSA) is 32.9 Å². The van der Waals surface area contributed by atoms with Crippen molar-refractivity contribution >= 4 is 21.6 Å². The second-order valence-corrected chi connectivity index (χ2v) is 6.06. The quantitative estimate of drug-likeness (QED) is 0.749. The number of aromatic nitrogens is 1. The van der Waals surface area contributed by atoms with Crippen LogP contribution in [0.3, 0.4) is 0 Å². The molecular formula is C10H13NOS2. The molecule has 76 valence electrons. The van der Waals surface area contributed by atoms with Crippen molar-refractivity contribution in [2.24, 2.45) is 0 Å². The van der Waals surface area contributed by atoms with E-state index in [1.54, 1.807) is 10.8 Å². The summed E-state index contributed by atoms with van der Waals surface area (Å²) >= 11 is 0. The minimum absolute atomic E-state index is 0.0480. The third-order valence-electron chi connectivity index (χ3n) is 2.44. The van der Waals surface area contributed by atoms with Crippen LogP contribution in [0.25, 0.3) is 0 Å². The lowest BCUT2D eigenvalue weighted by Gasteiger charge is -2.21. The number of pyridine rings is 1. The first-order valence-corrected chi connectivity index (χ1v) is 6.98. The first kappa shape index (κ1) is 10.2. The average molecular weight is 227 g/mol. The SMILES string of the molecule is CCC1Cc2cc(C)c(=O)[nH]c2SS1. The maximum Gasteiger partial charge on any atom is 0.251 e. The van der Waals surface area contributed by atoms with E-state index in [0.717, 1.165) is 17.0 Å². The Labute approximate surface area is 91.3 Å². The van der Waals surface area contributed by atoms with Gasteiger partial charge in [0.2, 0.25) is 0 Å². The molecule has 2 nitrogen and oxygen atoms in total. The van der Waals surface area contributed by atoms with Gasteiger partial charge in [0.25, 0.3) is 5.56 Å². The monoisotopic (exact) mass is 227 g/mol. The Morgan fingerprint density at radius 1 is 1.64 bits per heavy atom. The molecule has 2 rings (SSSR count). The van der Waals surface area contributed by atoms with Gasteiger partial charge in [0.1, 0.15) is 0 Å². The minimum atomic E-state index is 0.0480. The molecule has 0 spiro atoms. The molecule has 0 bridgehead atoms. The van der Waals surface area contributed by atoms with Crippen molar-refractivity contribution in [3.8, 4) is 0 Å². The average Bonchev–Trinajstić information content (AvgIpc) is 2.19. The zero-order valence-electron chi connectivity index (χ0n) is 8.29. The van der Waals surface area contributed by atoms with Crippen molar-refractivity contribution in [1.29, 1.82) is 0 Å². The van der Waals surface area contributed by atoms with Gasteiger partial charge in [-0.2, -0.15) is 0 Å². The number of aryl methyl sites for hydroxylation is 1. The van der Waals surface area contributed by atoms with Crippen LogP contribution in [0.5, 0.6) is 0 Å². The summed E-state index contributed by atoms with van der Waals surface area (Å²) in [5.41, 5.74) is 2.18. The van der Waals surface area contributed by atoms with Crippen molar-refractivity contribution in [2.45, 2.75) is 37.0 Å². The summed E-state index contributed by atoms with van der Waals surface area (Å²) in [7, 11) is 3.57. The Hall–Kier alpha value is -0.350. The third kappa shape index (κ3) is 1.86. The van der Waals surface area contributed by atoms with E-state index in [-0.39, 0.29) is 5.56 Å². The maximum absolute atomic E-state index is 11.4. The molecule has 0 fully saturated rings. The van der Waals surface area contributed by atoms with Gasteiger partial charge in [0.15, 0.2) is 0 Å². The molecule has 1 atom stereocenters. The fraction of sp³-hybridized carbons (Fsp3) is 0.500. The molecule has 1 aliphatic rings. The largest absolute Gasteiger partial charge is 0.316 e. The van der Waals surface area contributed by atoms with E-state index in [2.05, 4.69) is 11.9 Å². The summed E-state index contributed by atoms with van der Waals surface area (Å²) in [6.45, 7) is 4.08. The summed E-state index contributed by atoms with van der Waals surface area (Å²) in [6, 6.07) is 2.03. The van der Waals surface area contributed by atoms with Crippen molar-refractivity contribution in [3.63, 3.8) is 0 Å². The van der Waals surface area contributed by atoms with Gasteiger partial charge in [-0.1, -0.05) is 17.7 Å². The molecule has 0 saturated heterocycles. The van der Waals surface area contributed by atoms with E-state index in [4.69, 9.17) is 0 Å². The lowest BCUT2D eigenvalue weighted by Crippen LogP contribution is -2.17. The number of aromatic amines is 1. The van der Waals surface area contributed by atoms with Crippen LogP contribution in [0.2, 0.25) is 0 Å². The Morgan fingerprint density at radius 3 is 3.14 bits per heavy atom. The van der Waals surface area contributed by atoms with Crippen LogP contribution < -0.4 is 5.56 Å². The van der Waals surface area contributed by atoms with Crippen molar-refractivity contribution in [3.05, 3.63) is 27.5 Å². The van der Waals surface area contributed by atoms with Gasteiger partial charge in [-0.05, 0) is 42.2 Å². The molecule has 0 aromatic carbocycles. The molecule has 1 unspecified atom stereocenters.